The van der Waals surface area contributed by atoms with Crippen molar-refractivity contribution in [2.24, 2.45) is 28.8 Å². The molecule has 2 aliphatic carbocycles. The number of nitrogens with zero attached hydrogens (tertiary/aromatic N) is 3. The third-order valence-corrected chi connectivity index (χ3v) is 5.50. The van der Waals surface area contributed by atoms with Crippen molar-refractivity contribution < 1.29 is 19.6 Å². The van der Waals surface area contributed by atoms with Crippen molar-refractivity contribution in [2.45, 2.75) is 6.42 Å². The third kappa shape index (κ3) is 2.30. The number of nitro benzene ring substituents is 1. The lowest BCUT2D eigenvalue weighted by Gasteiger charge is -2.13. The molecule has 128 valence electrons. The number of hydrogen-bond acceptors (Lipinski definition) is 6. The van der Waals surface area contributed by atoms with E-state index in [1.807, 2.05) is 12.2 Å². The van der Waals surface area contributed by atoms with Crippen LogP contribution in [-0.2, 0) is 9.59 Å². The van der Waals surface area contributed by atoms with E-state index in [1.54, 1.807) is 0 Å². The Balaban J connectivity index is 1.64. The van der Waals surface area contributed by atoms with Gasteiger partial charge in [0, 0.05) is 16.1 Å². The Labute approximate surface area is 150 Å². The molecule has 9 heteroatoms. The summed E-state index contributed by atoms with van der Waals surface area (Å²) in [6.45, 7) is 0. The Morgan fingerprint density at radius 2 is 1.84 bits per heavy atom. The highest BCUT2D eigenvalue weighted by Crippen LogP contribution is 2.52. The van der Waals surface area contributed by atoms with E-state index in [-0.39, 0.29) is 41.0 Å². The predicted molar refractivity (Wildman–Crippen MR) is 89.6 cm³/mol. The SMILES string of the molecule is O=C1[C@@H]2[C@@H](C(=O)N1/N=C\c1cc(Br)cc([N+](=O)[O-])c1O)[C@H]1C=C[C@H]2C1. The number of carbonyl (C=O) groups excluding carboxylic acids is 2. The first kappa shape index (κ1) is 15.9. The number of nitro groups is 1. The van der Waals surface area contributed by atoms with Crippen molar-refractivity contribution in [3.05, 3.63) is 44.4 Å². The summed E-state index contributed by atoms with van der Waals surface area (Å²) in [4.78, 5) is 35.3. The van der Waals surface area contributed by atoms with Gasteiger partial charge in [-0.15, -0.1) is 0 Å². The second-order valence-corrected chi connectivity index (χ2v) is 7.27. The Morgan fingerprint density at radius 3 is 2.40 bits per heavy atom. The molecule has 2 bridgehead atoms. The van der Waals surface area contributed by atoms with Crippen LogP contribution >= 0.6 is 15.9 Å². The topological polar surface area (TPSA) is 113 Å². The summed E-state index contributed by atoms with van der Waals surface area (Å²) >= 11 is 3.12. The lowest BCUT2D eigenvalue weighted by Crippen LogP contribution is -2.28. The quantitative estimate of drug-likeness (QED) is 0.272. The third-order valence-electron chi connectivity index (χ3n) is 5.04. The van der Waals surface area contributed by atoms with Crippen LogP contribution in [0.25, 0.3) is 0 Å². The van der Waals surface area contributed by atoms with Gasteiger partial charge < -0.3 is 5.11 Å². The van der Waals surface area contributed by atoms with Gasteiger partial charge >= 0.3 is 5.69 Å². The summed E-state index contributed by atoms with van der Waals surface area (Å²) < 4.78 is 0.372. The van der Waals surface area contributed by atoms with E-state index < -0.39 is 16.4 Å². The smallest absolute Gasteiger partial charge is 0.312 e. The minimum absolute atomic E-state index is 0.0415. The summed E-state index contributed by atoms with van der Waals surface area (Å²) in [5.41, 5.74) is -0.450. The molecule has 0 unspecified atom stereocenters. The van der Waals surface area contributed by atoms with Crippen LogP contribution in [0.4, 0.5) is 5.69 Å². The highest BCUT2D eigenvalue weighted by Gasteiger charge is 2.59. The Morgan fingerprint density at radius 1 is 1.24 bits per heavy atom. The highest BCUT2D eigenvalue weighted by molar-refractivity contribution is 9.10. The van der Waals surface area contributed by atoms with Crippen LogP contribution in [0.5, 0.6) is 5.75 Å². The minimum Gasteiger partial charge on any atom is -0.502 e. The second kappa shape index (κ2) is 5.48. The van der Waals surface area contributed by atoms with Crippen molar-refractivity contribution in [1.29, 1.82) is 0 Å². The first-order valence-corrected chi connectivity index (χ1v) is 8.45. The number of halogens is 1. The number of hydrazone groups is 1. The number of hydrogen-bond donors (Lipinski definition) is 1. The van der Waals surface area contributed by atoms with Crippen LogP contribution in [0.1, 0.15) is 12.0 Å². The molecule has 0 spiro atoms. The molecule has 0 radical (unpaired) electrons. The molecule has 1 saturated carbocycles. The molecule has 1 N–H and O–H groups in total. The average molecular weight is 406 g/mol. The van der Waals surface area contributed by atoms with Gasteiger partial charge in [0.25, 0.3) is 11.8 Å². The van der Waals surface area contributed by atoms with Gasteiger partial charge in [0.1, 0.15) is 0 Å². The van der Waals surface area contributed by atoms with Crippen LogP contribution in [0.2, 0.25) is 0 Å². The molecule has 1 aliphatic heterocycles. The number of carbonyl (C=O) groups is 2. The van der Waals surface area contributed by atoms with Crippen LogP contribution in [0.15, 0.2) is 33.9 Å². The summed E-state index contributed by atoms with van der Waals surface area (Å²) in [5, 5.41) is 25.7. The molecule has 1 aromatic rings. The largest absolute Gasteiger partial charge is 0.502 e. The first-order chi connectivity index (χ1) is 11.9. The molecule has 2 fully saturated rings. The maximum Gasteiger partial charge on any atom is 0.312 e. The molecule has 1 heterocycles. The van der Waals surface area contributed by atoms with E-state index in [2.05, 4.69) is 21.0 Å². The standard InChI is InChI=1S/C16H12BrN3O5/c17-10-4-9(14(21)11(5-10)20(24)25)6-18-19-15(22)12-7-1-2-8(3-7)13(12)16(19)23/h1-2,4-8,12-13,21H,3H2/b18-6-/t7-,8-,12-,13-/m0/s1. The molecule has 1 saturated heterocycles. The van der Waals surface area contributed by atoms with Crippen LogP contribution in [0, 0.1) is 33.8 Å². The molecule has 0 aromatic heterocycles. The van der Waals surface area contributed by atoms with E-state index in [0.29, 0.717) is 4.47 Å². The number of amides is 2. The molecule has 8 nitrogen and oxygen atoms in total. The number of fused-ring (bicyclic) bond motifs is 5. The number of rotatable bonds is 3. The minimum atomic E-state index is -0.725. The zero-order valence-corrected chi connectivity index (χ0v) is 14.3. The van der Waals surface area contributed by atoms with E-state index in [1.165, 1.54) is 6.07 Å². The summed E-state index contributed by atoms with van der Waals surface area (Å²) in [5.74, 6) is -1.87. The number of phenols is 1. The molecule has 3 aliphatic rings. The number of imide groups is 1. The van der Waals surface area contributed by atoms with Gasteiger partial charge in [-0.1, -0.05) is 28.1 Å². The van der Waals surface area contributed by atoms with E-state index in [0.717, 1.165) is 23.7 Å². The van der Waals surface area contributed by atoms with Gasteiger partial charge in [-0.05, 0) is 24.3 Å². The number of benzene rings is 1. The fraction of sp³-hybridized carbons (Fsp3) is 0.312. The Bertz CT molecular complexity index is 851. The van der Waals surface area contributed by atoms with Crippen molar-refractivity contribution in [3.8, 4) is 5.75 Å². The van der Waals surface area contributed by atoms with Gasteiger partial charge in [0.15, 0.2) is 0 Å². The lowest BCUT2D eigenvalue weighted by molar-refractivity contribution is -0.385. The number of allylic oxidation sites excluding steroid dienone is 2. The Kier molecular flexibility index (Phi) is 3.50. The van der Waals surface area contributed by atoms with Crippen LogP contribution in [-0.4, -0.2) is 33.1 Å². The van der Waals surface area contributed by atoms with Crippen molar-refractivity contribution in [3.63, 3.8) is 0 Å². The lowest BCUT2D eigenvalue weighted by atomic mass is 9.85. The van der Waals surface area contributed by atoms with Crippen molar-refractivity contribution >= 4 is 39.6 Å². The van der Waals surface area contributed by atoms with Crippen LogP contribution in [0.3, 0.4) is 0 Å². The average Bonchev–Trinajstić information content (AvgIpc) is 3.23. The fourth-order valence-corrected chi connectivity index (χ4v) is 4.43. The predicted octanol–water partition coefficient (Wildman–Crippen LogP) is 2.20. The van der Waals surface area contributed by atoms with E-state index in [9.17, 15) is 24.8 Å². The van der Waals surface area contributed by atoms with Gasteiger partial charge in [-0.3, -0.25) is 19.7 Å². The van der Waals surface area contributed by atoms with Gasteiger partial charge in [-0.25, -0.2) is 0 Å². The maximum atomic E-state index is 12.5. The highest BCUT2D eigenvalue weighted by atomic mass is 79.9. The molecule has 4 atom stereocenters. The number of phenolic OH excluding ortho intramolecular Hbond substituents is 1. The monoisotopic (exact) mass is 405 g/mol. The zero-order valence-electron chi connectivity index (χ0n) is 12.7. The fourth-order valence-electron chi connectivity index (χ4n) is 3.96. The summed E-state index contributed by atoms with van der Waals surface area (Å²) in [6, 6.07) is 2.58. The first-order valence-electron chi connectivity index (χ1n) is 7.65. The van der Waals surface area contributed by atoms with Gasteiger partial charge in [0.2, 0.25) is 5.75 Å². The molecular weight excluding hydrogens is 394 g/mol. The molecule has 25 heavy (non-hydrogen) atoms. The zero-order chi connectivity index (χ0) is 17.9. The molecule has 1 aromatic carbocycles. The normalized spacial score (nSPS) is 29.9. The second-order valence-electron chi connectivity index (χ2n) is 6.35. The number of aromatic hydroxyl groups is 1. The molecule has 4 rings (SSSR count). The van der Waals surface area contributed by atoms with E-state index >= 15 is 0 Å². The Hall–Kier alpha value is -2.55. The summed E-state index contributed by atoms with van der Waals surface area (Å²) in [7, 11) is 0. The maximum absolute atomic E-state index is 12.5. The van der Waals surface area contributed by atoms with Gasteiger partial charge in [-0.2, -0.15) is 10.1 Å². The van der Waals surface area contributed by atoms with Crippen molar-refractivity contribution in [2.75, 3.05) is 0 Å². The summed E-state index contributed by atoms with van der Waals surface area (Å²) in [6.07, 6.45) is 5.88. The van der Waals surface area contributed by atoms with E-state index in [4.69, 9.17) is 0 Å². The molecule has 2 amide bonds. The van der Waals surface area contributed by atoms with Crippen molar-refractivity contribution in [1.82, 2.24) is 5.01 Å². The van der Waals surface area contributed by atoms with Crippen LogP contribution < -0.4 is 0 Å². The molecular formula is C16H12BrN3O5. The van der Waals surface area contributed by atoms with Gasteiger partial charge in [0.05, 0.1) is 23.0 Å².